The number of benzene rings is 1. The van der Waals surface area contributed by atoms with Gasteiger partial charge in [0.05, 0.1) is 10.6 Å². The monoisotopic (exact) mass is 238 g/mol. The van der Waals surface area contributed by atoms with Crippen LogP contribution in [0.4, 0.5) is 5.69 Å². The molecule has 0 aromatic heterocycles. The van der Waals surface area contributed by atoms with Crippen molar-refractivity contribution in [1.82, 2.24) is 5.32 Å². The Hall–Kier alpha value is -1.71. The standard InChI is InChI=1S/C10H11ClN4O/c1-6(2)13-10(16)8-4-3-7(14-15-12)5-9(8)11/h3-6H,1-2H3,(H,13,16). The van der Waals surface area contributed by atoms with E-state index in [1.807, 2.05) is 13.8 Å². The van der Waals surface area contributed by atoms with Gasteiger partial charge in [0.25, 0.3) is 5.91 Å². The van der Waals surface area contributed by atoms with E-state index < -0.39 is 0 Å². The van der Waals surface area contributed by atoms with Crippen LogP contribution >= 0.6 is 11.6 Å². The van der Waals surface area contributed by atoms with Gasteiger partial charge in [-0.2, -0.15) is 0 Å². The molecule has 1 aromatic carbocycles. The number of rotatable bonds is 3. The van der Waals surface area contributed by atoms with Gasteiger partial charge in [0.2, 0.25) is 0 Å². The lowest BCUT2D eigenvalue weighted by molar-refractivity contribution is 0.0943. The highest BCUT2D eigenvalue weighted by Crippen LogP contribution is 2.23. The van der Waals surface area contributed by atoms with Crippen molar-refractivity contribution in [3.8, 4) is 0 Å². The molecule has 0 radical (unpaired) electrons. The molecule has 0 atom stereocenters. The van der Waals surface area contributed by atoms with Gasteiger partial charge in [-0.15, -0.1) is 0 Å². The van der Waals surface area contributed by atoms with Crippen LogP contribution in [0.15, 0.2) is 23.3 Å². The molecule has 6 heteroatoms. The largest absolute Gasteiger partial charge is 0.350 e. The highest BCUT2D eigenvalue weighted by atomic mass is 35.5. The zero-order chi connectivity index (χ0) is 12.1. The lowest BCUT2D eigenvalue weighted by atomic mass is 10.2. The average molecular weight is 239 g/mol. The molecule has 0 aliphatic carbocycles. The van der Waals surface area contributed by atoms with E-state index >= 15 is 0 Å². The zero-order valence-electron chi connectivity index (χ0n) is 8.94. The maximum atomic E-state index is 11.6. The zero-order valence-corrected chi connectivity index (χ0v) is 9.69. The molecule has 16 heavy (non-hydrogen) atoms. The number of halogens is 1. The van der Waals surface area contributed by atoms with Gasteiger partial charge in [0.1, 0.15) is 0 Å². The first-order valence-corrected chi connectivity index (χ1v) is 5.08. The summed E-state index contributed by atoms with van der Waals surface area (Å²) < 4.78 is 0. The van der Waals surface area contributed by atoms with Crippen molar-refractivity contribution in [2.24, 2.45) is 5.11 Å². The minimum absolute atomic E-state index is 0.0420. The summed E-state index contributed by atoms with van der Waals surface area (Å²) in [5.41, 5.74) is 8.99. The molecule has 1 rings (SSSR count). The SMILES string of the molecule is CC(C)NC(=O)c1ccc(N=[N+]=[N-])cc1Cl. The van der Waals surface area contributed by atoms with Crippen molar-refractivity contribution in [3.05, 3.63) is 39.2 Å². The third-order valence-electron chi connectivity index (χ3n) is 1.78. The Labute approximate surface area is 98.0 Å². The molecule has 0 spiro atoms. The van der Waals surface area contributed by atoms with Crippen LogP contribution in [0.5, 0.6) is 0 Å². The molecule has 0 heterocycles. The molecule has 0 bridgehead atoms. The molecule has 0 unspecified atom stereocenters. The Morgan fingerprint density at radius 2 is 2.25 bits per heavy atom. The van der Waals surface area contributed by atoms with Crippen molar-refractivity contribution in [2.45, 2.75) is 19.9 Å². The minimum Gasteiger partial charge on any atom is -0.350 e. The van der Waals surface area contributed by atoms with Crippen LogP contribution < -0.4 is 5.32 Å². The topological polar surface area (TPSA) is 77.9 Å². The van der Waals surface area contributed by atoms with Crippen molar-refractivity contribution in [1.29, 1.82) is 0 Å². The van der Waals surface area contributed by atoms with Crippen molar-refractivity contribution >= 4 is 23.2 Å². The molecule has 0 saturated carbocycles. The van der Waals surface area contributed by atoms with E-state index in [0.29, 0.717) is 11.3 Å². The second kappa shape index (κ2) is 5.39. The summed E-state index contributed by atoms with van der Waals surface area (Å²) in [7, 11) is 0. The predicted octanol–water partition coefficient (Wildman–Crippen LogP) is 3.42. The van der Waals surface area contributed by atoms with E-state index in [2.05, 4.69) is 15.3 Å². The number of hydrogen-bond donors (Lipinski definition) is 1. The van der Waals surface area contributed by atoms with Gasteiger partial charge in [0, 0.05) is 16.6 Å². The van der Waals surface area contributed by atoms with Gasteiger partial charge in [0.15, 0.2) is 0 Å². The van der Waals surface area contributed by atoms with Crippen LogP contribution in [-0.4, -0.2) is 11.9 Å². The van der Waals surface area contributed by atoms with Crippen LogP contribution in [-0.2, 0) is 0 Å². The number of nitrogens with zero attached hydrogens (tertiary/aromatic N) is 3. The van der Waals surface area contributed by atoms with Gasteiger partial charge in [-0.25, -0.2) is 0 Å². The minimum atomic E-state index is -0.243. The molecule has 1 N–H and O–H groups in total. The summed E-state index contributed by atoms with van der Waals surface area (Å²) in [6.45, 7) is 3.72. The normalized spacial score (nSPS) is 9.75. The van der Waals surface area contributed by atoms with E-state index in [1.165, 1.54) is 12.1 Å². The Balaban J connectivity index is 2.98. The van der Waals surface area contributed by atoms with Gasteiger partial charge in [-0.3, -0.25) is 4.79 Å². The van der Waals surface area contributed by atoms with Gasteiger partial charge >= 0.3 is 0 Å². The smallest absolute Gasteiger partial charge is 0.252 e. The molecule has 1 aromatic rings. The number of carbonyl (C=O) groups excluding carboxylic acids is 1. The van der Waals surface area contributed by atoms with E-state index in [-0.39, 0.29) is 17.0 Å². The number of nitrogens with one attached hydrogen (secondary N) is 1. The van der Waals surface area contributed by atoms with Crippen molar-refractivity contribution < 1.29 is 4.79 Å². The van der Waals surface area contributed by atoms with E-state index in [1.54, 1.807) is 6.07 Å². The summed E-state index contributed by atoms with van der Waals surface area (Å²) in [6, 6.07) is 4.57. The predicted molar refractivity (Wildman–Crippen MR) is 62.9 cm³/mol. The molecule has 0 aliphatic heterocycles. The maximum Gasteiger partial charge on any atom is 0.252 e. The van der Waals surface area contributed by atoms with Crippen LogP contribution in [0.25, 0.3) is 10.4 Å². The lowest BCUT2D eigenvalue weighted by Crippen LogP contribution is -2.30. The Bertz CT molecular complexity index is 452. The van der Waals surface area contributed by atoms with Gasteiger partial charge < -0.3 is 5.32 Å². The van der Waals surface area contributed by atoms with E-state index in [0.717, 1.165) is 0 Å². The third-order valence-corrected chi connectivity index (χ3v) is 2.09. The molecular formula is C10H11ClN4O. The Kier molecular flexibility index (Phi) is 4.17. The van der Waals surface area contributed by atoms with Gasteiger partial charge in [-0.05, 0) is 31.5 Å². The van der Waals surface area contributed by atoms with E-state index in [4.69, 9.17) is 17.1 Å². The summed E-state index contributed by atoms with van der Waals surface area (Å²) in [5.74, 6) is -0.243. The lowest BCUT2D eigenvalue weighted by Gasteiger charge is -2.09. The summed E-state index contributed by atoms with van der Waals surface area (Å²) in [5, 5.41) is 6.38. The molecule has 1 amide bonds. The maximum absolute atomic E-state index is 11.6. The fourth-order valence-corrected chi connectivity index (χ4v) is 1.40. The molecule has 5 nitrogen and oxygen atoms in total. The first-order valence-electron chi connectivity index (χ1n) is 4.70. The van der Waals surface area contributed by atoms with Crippen LogP contribution in [0.2, 0.25) is 5.02 Å². The Morgan fingerprint density at radius 3 is 2.75 bits per heavy atom. The average Bonchev–Trinajstić information content (AvgIpc) is 2.16. The summed E-state index contributed by atoms with van der Waals surface area (Å²) in [6.07, 6.45) is 0. The number of azide groups is 1. The summed E-state index contributed by atoms with van der Waals surface area (Å²) >= 11 is 5.90. The van der Waals surface area contributed by atoms with Crippen molar-refractivity contribution in [2.75, 3.05) is 0 Å². The van der Waals surface area contributed by atoms with Crippen LogP contribution in [0.3, 0.4) is 0 Å². The second-order valence-electron chi connectivity index (χ2n) is 3.48. The van der Waals surface area contributed by atoms with Gasteiger partial charge in [-0.1, -0.05) is 22.8 Å². The molecule has 84 valence electrons. The fraction of sp³-hybridized carbons (Fsp3) is 0.300. The number of hydrogen-bond acceptors (Lipinski definition) is 2. The highest BCUT2D eigenvalue weighted by molar-refractivity contribution is 6.34. The van der Waals surface area contributed by atoms with Crippen LogP contribution in [0, 0.1) is 0 Å². The van der Waals surface area contributed by atoms with Crippen LogP contribution in [0.1, 0.15) is 24.2 Å². The van der Waals surface area contributed by atoms with Crippen molar-refractivity contribution in [3.63, 3.8) is 0 Å². The molecular weight excluding hydrogens is 228 g/mol. The fourth-order valence-electron chi connectivity index (χ4n) is 1.14. The highest BCUT2D eigenvalue weighted by Gasteiger charge is 2.11. The quantitative estimate of drug-likeness (QED) is 0.489. The molecule has 0 fully saturated rings. The summed E-state index contributed by atoms with van der Waals surface area (Å²) in [4.78, 5) is 14.3. The third kappa shape index (κ3) is 3.15. The van der Waals surface area contributed by atoms with E-state index in [9.17, 15) is 4.79 Å². The molecule has 0 saturated heterocycles. The molecule has 0 aliphatic rings. The first-order chi connectivity index (χ1) is 7.54. The second-order valence-corrected chi connectivity index (χ2v) is 3.89. The Morgan fingerprint density at radius 1 is 1.56 bits per heavy atom. The number of carbonyl (C=O) groups is 1. The first kappa shape index (κ1) is 12.4. The number of amides is 1.